The van der Waals surface area contributed by atoms with Crippen LogP contribution in [0.15, 0.2) is 24.3 Å². The van der Waals surface area contributed by atoms with Crippen molar-refractivity contribution in [2.24, 2.45) is 7.05 Å². The molecule has 7 nitrogen and oxygen atoms in total. The van der Waals surface area contributed by atoms with E-state index in [1.165, 1.54) is 0 Å². The smallest absolute Gasteiger partial charge is 0.276 e. The molecule has 1 aliphatic rings. The number of nitrogens with one attached hydrogen (secondary N) is 2. The summed E-state index contributed by atoms with van der Waals surface area (Å²) in [4.78, 5) is 24.1. The van der Waals surface area contributed by atoms with Crippen LogP contribution < -0.4 is 15.4 Å². The summed E-state index contributed by atoms with van der Waals surface area (Å²) in [6.07, 6.45) is 0. The maximum absolute atomic E-state index is 12.2. The molecule has 120 valence electrons. The lowest BCUT2D eigenvalue weighted by Gasteiger charge is -2.31. The molecule has 0 saturated heterocycles. The number of hydrogen-bond donors (Lipinski definition) is 2. The number of carbonyl (C=O) groups is 2. The SMILES string of the molecule is Cc1cc(C(=O)Nc2ccc3c(c2)NC(=O)C(C)(C)O3)nn1C. The fraction of sp³-hybridized carbons (Fsp3) is 0.312. The molecule has 23 heavy (non-hydrogen) atoms. The first-order valence-corrected chi connectivity index (χ1v) is 7.23. The maximum atomic E-state index is 12.2. The van der Waals surface area contributed by atoms with Crippen LogP contribution in [-0.2, 0) is 11.8 Å². The van der Waals surface area contributed by atoms with Crippen molar-refractivity contribution in [3.63, 3.8) is 0 Å². The Hall–Kier alpha value is -2.83. The molecule has 0 saturated carbocycles. The van der Waals surface area contributed by atoms with Gasteiger partial charge in [0.05, 0.1) is 5.69 Å². The van der Waals surface area contributed by atoms with Crippen LogP contribution in [0.5, 0.6) is 5.75 Å². The van der Waals surface area contributed by atoms with E-state index in [0.29, 0.717) is 22.8 Å². The number of rotatable bonds is 2. The number of amides is 2. The van der Waals surface area contributed by atoms with Crippen molar-refractivity contribution in [2.45, 2.75) is 26.4 Å². The van der Waals surface area contributed by atoms with Gasteiger partial charge in [-0.25, -0.2) is 0 Å². The Kier molecular flexibility index (Phi) is 3.35. The van der Waals surface area contributed by atoms with Crippen LogP contribution in [0, 0.1) is 6.92 Å². The summed E-state index contributed by atoms with van der Waals surface area (Å²) < 4.78 is 7.29. The topological polar surface area (TPSA) is 85.2 Å². The molecule has 7 heteroatoms. The highest BCUT2D eigenvalue weighted by molar-refractivity contribution is 6.04. The van der Waals surface area contributed by atoms with Crippen LogP contribution in [0.4, 0.5) is 11.4 Å². The van der Waals surface area contributed by atoms with Gasteiger partial charge in [-0.15, -0.1) is 0 Å². The van der Waals surface area contributed by atoms with Gasteiger partial charge in [-0.1, -0.05) is 0 Å². The van der Waals surface area contributed by atoms with Gasteiger partial charge in [0.1, 0.15) is 5.75 Å². The highest BCUT2D eigenvalue weighted by Gasteiger charge is 2.35. The Bertz CT molecular complexity index is 788. The molecular formula is C16H18N4O3. The summed E-state index contributed by atoms with van der Waals surface area (Å²) in [5, 5.41) is 9.68. The zero-order valence-corrected chi connectivity index (χ0v) is 13.4. The molecule has 2 amide bonds. The van der Waals surface area contributed by atoms with Crippen LogP contribution >= 0.6 is 0 Å². The van der Waals surface area contributed by atoms with E-state index in [1.807, 2.05) is 6.92 Å². The van der Waals surface area contributed by atoms with E-state index in [-0.39, 0.29) is 11.8 Å². The van der Waals surface area contributed by atoms with Crippen molar-refractivity contribution in [1.82, 2.24) is 9.78 Å². The number of anilines is 2. The highest BCUT2D eigenvalue weighted by Crippen LogP contribution is 2.35. The first-order chi connectivity index (χ1) is 10.8. The van der Waals surface area contributed by atoms with Crippen molar-refractivity contribution in [1.29, 1.82) is 0 Å². The second-order valence-corrected chi connectivity index (χ2v) is 6.03. The molecular weight excluding hydrogens is 296 g/mol. The molecule has 2 aromatic rings. The number of aryl methyl sites for hydroxylation is 2. The first kappa shape index (κ1) is 15.1. The molecule has 0 radical (unpaired) electrons. The highest BCUT2D eigenvalue weighted by atomic mass is 16.5. The molecule has 2 N–H and O–H groups in total. The maximum Gasteiger partial charge on any atom is 0.276 e. The number of carbonyl (C=O) groups excluding carboxylic acids is 2. The zero-order chi connectivity index (χ0) is 16.8. The standard InChI is InChI=1S/C16H18N4O3/c1-9-7-12(19-20(9)4)14(21)17-10-5-6-13-11(8-10)18-15(22)16(2,3)23-13/h5-8H,1-4H3,(H,17,21)(H,18,22). The van der Waals surface area contributed by atoms with E-state index in [4.69, 9.17) is 4.74 Å². The Morgan fingerprint density at radius 1 is 1.35 bits per heavy atom. The Balaban J connectivity index is 1.81. The summed E-state index contributed by atoms with van der Waals surface area (Å²) in [5.41, 5.74) is 1.40. The number of fused-ring (bicyclic) bond motifs is 1. The lowest BCUT2D eigenvalue weighted by atomic mass is 10.1. The van der Waals surface area contributed by atoms with E-state index in [1.54, 1.807) is 49.8 Å². The summed E-state index contributed by atoms with van der Waals surface area (Å²) in [6.45, 7) is 5.27. The molecule has 0 spiro atoms. The van der Waals surface area contributed by atoms with Crippen LogP contribution in [0.3, 0.4) is 0 Å². The fourth-order valence-corrected chi connectivity index (χ4v) is 2.26. The summed E-state index contributed by atoms with van der Waals surface area (Å²) >= 11 is 0. The van der Waals surface area contributed by atoms with Crippen LogP contribution in [0.2, 0.25) is 0 Å². The number of aromatic nitrogens is 2. The second-order valence-electron chi connectivity index (χ2n) is 6.03. The summed E-state index contributed by atoms with van der Waals surface area (Å²) in [5.74, 6) is 0.0344. The van der Waals surface area contributed by atoms with Crippen molar-refractivity contribution in [3.8, 4) is 5.75 Å². The van der Waals surface area contributed by atoms with E-state index < -0.39 is 5.60 Å². The van der Waals surface area contributed by atoms with Crippen molar-refractivity contribution in [2.75, 3.05) is 10.6 Å². The van der Waals surface area contributed by atoms with Crippen LogP contribution in [0.25, 0.3) is 0 Å². The van der Waals surface area contributed by atoms with E-state index in [0.717, 1.165) is 5.69 Å². The molecule has 1 aromatic carbocycles. The third-order valence-corrected chi connectivity index (χ3v) is 3.74. The molecule has 0 bridgehead atoms. The second kappa shape index (κ2) is 5.12. The zero-order valence-electron chi connectivity index (χ0n) is 13.4. The summed E-state index contributed by atoms with van der Waals surface area (Å²) in [6, 6.07) is 6.81. The van der Waals surface area contributed by atoms with Gasteiger partial charge >= 0.3 is 0 Å². The minimum Gasteiger partial charge on any atom is -0.476 e. The molecule has 1 aromatic heterocycles. The van der Waals surface area contributed by atoms with Crippen molar-refractivity contribution in [3.05, 3.63) is 35.7 Å². The van der Waals surface area contributed by atoms with Crippen molar-refractivity contribution < 1.29 is 14.3 Å². The quantitative estimate of drug-likeness (QED) is 0.889. The van der Waals surface area contributed by atoms with Gasteiger partial charge in [-0.3, -0.25) is 14.3 Å². The lowest BCUT2D eigenvalue weighted by Crippen LogP contribution is -2.45. The van der Waals surface area contributed by atoms with Gasteiger partial charge in [-0.2, -0.15) is 5.10 Å². The molecule has 0 atom stereocenters. The lowest BCUT2D eigenvalue weighted by molar-refractivity contribution is -0.129. The number of benzene rings is 1. The van der Waals surface area contributed by atoms with Crippen molar-refractivity contribution >= 4 is 23.2 Å². The molecule has 0 unspecified atom stereocenters. The van der Waals surface area contributed by atoms with Gasteiger partial charge in [-0.05, 0) is 45.0 Å². The largest absolute Gasteiger partial charge is 0.476 e. The normalized spacial score (nSPS) is 15.4. The fourth-order valence-electron chi connectivity index (χ4n) is 2.26. The van der Waals surface area contributed by atoms with Gasteiger partial charge in [0.2, 0.25) is 0 Å². The predicted molar refractivity (Wildman–Crippen MR) is 85.7 cm³/mol. The Morgan fingerprint density at radius 2 is 2.09 bits per heavy atom. The molecule has 3 rings (SSSR count). The van der Waals surface area contributed by atoms with E-state index >= 15 is 0 Å². The third-order valence-electron chi connectivity index (χ3n) is 3.74. The van der Waals surface area contributed by atoms with E-state index in [2.05, 4.69) is 15.7 Å². The minimum absolute atomic E-state index is 0.228. The monoisotopic (exact) mass is 314 g/mol. The van der Waals surface area contributed by atoms with Gasteiger partial charge < -0.3 is 15.4 Å². The van der Waals surface area contributed by atoms with Gasteiger partial charge in [0.25, 0.3) is 11.8 Å². The van der Waals surface area contributed by atoms with Gasteiger partial charge in [0, 0.05) is 18.4 Å². The minimum atomic E-state index is -0.913. The summed E-state index contributed by atoms with van der Waals surface area (Å²) in [7, 11) is 1.78. The molecule has 1 aliphatic heterocycles. The Morgan fingerprint density at radius 3 is 2.74 bits per heavy atom. The third kappa shape index (κ3) is 2.77. The first-order valence-electron chi connectivity index (χ1n) is 7.23. The number of hydrogen-bond acceptors (Lipinski definition) is 4. The molecule has 0 aliphatic carbocycles. The Labute approximate surface area is 133 Å². The average molecular weight is 314 g/mol. The number of ether oxygens (including phenoxy) is 1. The molecule has 2 heterocycles. The predicted octanol–water partition coefficient (Wildman–Crippen LogP) is 2.09. The van der Waals surface area contributed by atoms with Crippen LogP contribution in [0.1, 0.15) is 30.0 Å². The van der Waals surface area contributed by atoms with Gasteiger partial charge in [0.15, 0.2) is 11.3 Å². The number of nitrogens with zero attached hydrogens (tertiary/aromatic N) is 2. The average Bonchev–Trinajstić information content (AvgIpc) is 2.80. The van der Waals surface area contributed by atoms with Crippen LogP contribution in [-0.4, -0.2) is 27.2 Å². The van der Waals surface area contributed by atoms with E-state index in [9.17, 15) is 9.59 Å². The molecule has 0 fully saturated rings.